The van der Waals surface area contributed by atoms with Crippen LogP contribution in [0.3, 0.4) is 0 Å². The van der Waals surface area contributed by atoms with Gasteiger partial charge in [0, 0.05) is 22.4 Å². The molecule has 0 saturated heterocycles. The number of nitrogens with zero attached hydrogens (tertiary/aromatic N) is 1. The zero-order valence-electron chi connectivity index (χ0n) is 11.1. The van der Waals surface area contributed by atoms with Gasteiger partial charge in [-0.25, -0.2) is 5.43 Å². The summed E-state index contributed by atoms with van der Waals surface area (Å²) >= 11 is 0. The Balaban J connectivity index is 2.07. The van der Waals surface area contributed by atoms with E-state index in [0.29, 0.717) is 22.4 Å². The van der Waals surface area contributed by atoms with Crippen molar-refractivity contribution in [2.45, 2.75) is 0 Å². The van der Waals surface area contributed by atoms with Crippen molar-refractivity contribution in [1.82, 2.24) is 5.43 Å². The fourth-order valence-electron chi connectivity index (χ4n) is 1.61. The third-order valence-corrected chi connectivity index (χ3v) is 2.74. The van der Waals surface area contributed by atoms with Crippen molar-refractivity contribution in [2.24, 2.45) is 5.10 Å². The zero-order chi connectivity index (χ0) is 15.2. The molecule has 21 heavy (non-hydrogen) atoms. The number of hydrogen-bond donors (Lipinski definition) is 3. The van der Waals surface area contributed by atoms with E-state index in [1.165, 1.54) is 12.3 Å². The smallest absolute Gasteiger partial charge is 0.271 e. The molecule has 4 N–H and O–H groups in total. The quantitative estimate of drug-likeness (QED) is 0.346. The molecule has 0 atom stereocenters. The highest BCUT2D eigenvalue weighted by molar-refractivity contribution is 5.95. The van der Waals surface area contributed by atoms with Gasteiger partial charge in [0.25, 0.3) is 5.91 Å². The second-order valence-corrected chi connectivity index (χ2v) is 4.24. The van der Waals surface area contributed by atoms with Crippen molar-refractivity contribution in [3.8, 4) is 18.1 Å². The molecule has 0 unspecified atom stereocenters. The molecule has 1 amide bonds. The number of phenols is 1. The van der Waals surface area contributed by atoms with E-state index in [1.54, 1.807) is 36.4 Å². The molecular weight excluding hydrogens is 266 g/mol. The maximum absolute atomic E-state index is 11.8. The van der Waals surface area contributed by atoms with E-state index in [0.717, 1.165) is 0 Å². The maximum Gasteiger partial charge on any atom is 0.271 e. The Morgan fingerprint density at radius 2 is 2.00 bits per heavy atom. The van der Waals surface area contributed by atoms with Crippen molar-refractivity contribution in [3.05, 3.63) is 59.2 Å². The van der Waals surface area contributed by atoms with E-state index in [4.69, 9.17) is 12.2 Å². The molecule has 0 spiro atoms. The van der Waals surface area contributed by atoms with Crippen LogP contribution in [0.5, 0.6) is 5.75 Å². The van der Waals surface area contributed by atoms with Gasteiger partial charge in [-0.1, -0.05) is 5.92 Å². The first-order chi connectivity index (χ1) is 10.1. The summed E-state index contributed by atoms with van der Waals surface area (Å²) in [5.74, 6) is 2.10. The van der Waals surface area contributed by atoms with Gasteiger partial charge in [-0.3, -0.25) is 4.79 Å². The number of aromatic hydroxyl groups is 1. The summed E-state index contributed by atoms with van der Waals surface area (Å²) in [6.07, 6.45) is 6.60. The van der Waals surface area contributed by atoms with Crippen LogP contribution in [0.4, 0.5) is 5.69 Å². The number of nitrogens with two attached hydrogens (primary N) is 1. The highest BCUT2D eigenvalue weighted by atomic mass is 16.3. The molecule has 0 aromatic heterocycles. The second-order valence-electron chi connectivity index (χ2n) is 4.24. The van der Waals surface area contributed by atoms with Gasteiger partial charge in [-0.2, -0.15) is 5.10 Å². The van der Waals surface area contributed by atoms with Crippen molar-refractivity contribution in [3.63, 3.8) is 0 Å². The number of rotatable bonds is 3. The average molecular weight is 279 g/mol. The number of benzene rings is 2. The molecule has 104 valence electrons. The van der Waals surface area contributed by atoms with E-state index in [-0.39, 0.29) is 11.7 Å². The number of nitrogens with one attached hydrogen (secondary N) is 1. The van der Waals surface area contributed by atoms with Crippen LogP contribution in [-0.2, 0) is 0 Å². The number of amides is 1. The Morgan fingerprint density at radius 1 is 1.29 bits per heavy atom. The summed E-state index contributed by atoms with van der Waals surface area (Å²) in [5.41, 5.74) is 9.94. The molecule has 0 aliphatic carbocycles. The van der Waals surface area contributed by atoms with Crippen LogP contribution < -0.4 is 11.2 Å². The first-order valence-electron chi connectivity index (χ1n) is 6.08. The van der Waals surface area contributed by atoms with Crippen LogP contribution in [0.25, 0.3) is 0 Å². The number of carbonyl (C=O) groups is 1. The molecular formula is C16H13N3O2. The summed E-state index contributed by atoms with van der Waals surface area (Å²) in [6, 6.07) is 11.1. The highest BCUT2D eigenvalue weighted by Crippen LogP contribution is 2.15. The molecule has 2 rings (SSSR count). The van der Waals surface area contributed by atoms with Crippen molar-refractivity contribution >= 4 is 17.8 Å². The van der Waals surface area contributed by atoms with Crippen molar-refractivity contribution in [1.29, 1.82) is 0 Å². The van der Waals surface area contributed by atoms with Crippen LogP contribution in [0, 0.1) is 12.3 Å². The summed E-state index contributed by atoms with van der Waals surface area (Å²) in [5, 5.41) is 13.4. The van der Waals surface area contributed by atoms with Crippen molar-refractivity contribution < 1.29 is 9.90 Å². The minimum atomic E-state index is -0.376. The number of hydrazone groups is 1. The van der Waals surface area contributed by atoms with E-state index in [9.17, 15) is 9.90 Å². The number of carbonyl (C=O) groups excluding carboxylic acids is 1. The van der Waals surface area contributed by atoms with Crippen molar-refractivity contribution in [2.75, 3.05) is 5.73 Å². The lowest BCUT2D eigenvalue weighted by molar-refractivity contribution is 0.0955. The van der Waals surface area contributed by atoms with Crippen LogP contribution >= 0.6 is 0 Å². The predicted octanol–water partition coefficient (Wildman–Crippen LogP) is 1.72. The third kappa shape index (κ3) is 3.61. The number of nitrogen functional groups attached to an aromatic ring is 1. The van der Waals surface area contributed by atoms with Gasteiger partial charge in [0.1, 0.15) is 5.75 Å². The number of anilines is 1. The van der Waals surface area contributed by atoms with Gasteiger partial charge < -0.3 is 10.8 Å². The molecule has 0 radical (unpaired) electrons. The summed E-state index contributed by atoms with van der Waals surface area (Å²) in [6.45, 7) is 0. The summed E-state index contributed by atoms with van der Waals surface area (Å²) in [7, 11) is 0. The Hall–Kier alpha value is -3.26. The van der Waals surface area contributed by atoms with E-state index in [2.05, 4.69) is 16.4 Å². The normalized spacial score (nSPS) is 10.2. The standard InChI is InChI=1S/C16H13N3O2/c1-2-11-3-8-15(20)13(9-11)10-18-19-16(21)12-4-6-14(17)7-5-12/h1,3-10,20H,17H2,(H,19,21)/b18-10+. The largest absolute Gasteiger partial charge is 0.507 e. The van der Waals surface area contributed by atoms with E-state index in [1.807, 2.05) is 0 Å². The minimum Gasteiger partial charge on any atom is -0.507 e. The first-order valence-corrected chi connectivity index (χ1v) is 6.08. The summed E-state index contributed by atoms with van der Waals surface area (Å²) < 4.78 is 0. The monoisotopic (exact) mass is 279 g/mol. The predicted molar refractivity (Wildman–Crippen MR) is 82.0 cm³/mol. The maximum atomic E-state index is 11.8. The van der Waals surface area contributed by atoms with Gasteiger partial charge in [-0.15, -0.1) is 6.42 Å². The highest BCUT2D eigenvalue weighted by Gasteiger charge is 2.03. The number of phenolic OH excluding ortho intramolecular Hbond substituents is 1. The fourth-order valence-corrected chi connectivity index (χ4v) is 1.61. The average Bonchev–Trinajstić information content (AvgIpc) is 2.49. The molecule has 5 heteroatoms. The van der Waals surface area contributed by atoms with Gasteiger partial charge in [-0.05, 0) is 42.5 Å². The van der Waals surface area contributed by atoms with Gasteiger partial charge in [0.15, 0.2) is 0 Å². The minimum absolute atomic E-state index is 0.0273. The Bertz CT molecular complexity index is 728. The molecule has 5 nitrogen and oxygen atoms in total. The number of terminal acetylenes is 1. The molecule has 0 aliphatic rings. The molecule has 0 saturated carbocycles. The van der Waals surface area contributed by atoms with Gasteiger partial charge >= 0.3 is 0 Å². The van der Waals surface area contributed by atoms with Crippen LogP contribution in [0.2, 0.25) is 0 Å². The topological polar surface area (TPSA) is 87.7 Å². The molecule has 0 aliphatic heterocycles. The first kappa shape index (κ1) is 14.2. The zero-order valence-corrected chi connectivity index (χ0v) is 11.1. The number of hydrogen-bond acceptors (Lipinski definition) is 4. The van der Waals surface area contributed by atoms with E-state index >= 15 is 0 Å². The lowest BCUT2D eigenvalue weighted by atomic mass is 10.1. The Morgan fingerprint density at radius 3 is 2.67 bits per heavy atom. The molecule has 2 aromatic carbocycles. The second kappa shape index (κ2) is 6.26. The van der Waals surface area contributed by atoms with E-state index < -0.39 is 0 Å². The third-order valence-electron chi connectivity index (χ3n) is 2.74. The molecule has 0 bridgehead atoms. The lowest BCUT2D eigenvalue weighted by Crippen LogP contribution is -2.17. The Labute approximate surface area is 122 Å². The molecule has 0 fully saturated rings. The summed E-state index contributed by atoms with van der Waals surface area (Å²) in [4.78, 5) is 11.8. The van der Waals surface area contributed by atoms with Gasteiger partial charge in [0.2, 0.25) is 0 Å². The fraction of sp³-hybridized carbons (Fsp3) is 0. The van der Waals surface area contributed by atoms with Crippen LogP contribution in [0.15, 0.2) is 47.6 Å². The lowest BCUT2D eigenvalue weighted by Gasteiger charge is -2.01. The molecule has 2 aromatic rings. The van der Waals surface area contributed by atoms with Crippen LogP contribution in [-0.4, -0.2) is 17.2 Å². The SMILES string of the molecule is C#Cc1ccc(O)c(/C=N/NC(=O)c2ccc(N)cc2)c1. The van der Waals surface area contributed by atoms with Gasteiger partial charge in [0.05, 0.1) is 6.21 Å². The Kier molecular flexibility index (Phi) is 4.22. The molecule has 0 heterocycles. The van der Waals surface area contributed by atoms with Crippen LogP contribution in [0.1, 0.15) is 21.5 Å².